The number of methoxy groups -OCH3 is 1. The Balaban J connectivity index is 2.79. The predicted octanol–water partition coefficient (Wildman–Crippen LogP) is 3.30. The zero-order valence-corrected chi connectivity index (χ0v) is 11.3. The Kier molecular flexibility index (Phi) is 5.03. The molecule has 5 heteroatoms. The van der Waals surface area contributed by atoms with E-state index in [4.69, 9.17) is 9.15 Å². The minimum Gasteiger partial charge on any atom is -0.497 e. The van der Waals surface area contributed by atoms with Crippen LogP contribution in [-0.2, 0) is 4.74 Å². The molecule has 1 aromatic heterocycles. The van der Waals surface area contributed by atoms with E-state index >= 15 is 0 Å². The molecule has 0 aliphatic rings. The molecule has 1 aromatic rings. The van der Waals surface area contributed by atoms with Gasteiger partial charge in [0.15, 0.2) is 0 Å². The lowest BCUT2D eigenvalue weighted by Gasteiger charge is -2.02. The minimum absolute atomic E-state index is 0.426. The molecule has 0 spiro atoms. The zero-order valence-electron chi connectivity index (χ0n) is 10.5. The van der Waals surface area contributed by atoms with Crippen molar-refractivity contribution in [1.82, 2.24) is 10.2 Å². The number of hydrogen-bond donors (Lipinski definition) is 0. The molecule has 1 rings (SSSR count). The van der Waals surface area contributed by atoms with Gasteiger partial charge in [-0.1, -0.05) is 18.3 Å². The summed E-state index contributed by atoms with van der Waals surface area (Å²) < 4.78 is 10.6. The minimum atomic E-state index is 0.426. The maximum atomic E-state index is 5.35. The molecule has 0 amide bonds. The number of hydrogen-bond acceptors (Lipinski definition) is 5. The highest BCUT2D eigenvalue weighted by atomic mass is 32.2. The molecule has 0 fully saturated rings. The first-order chi connectivity index (χ1) is 8.08. The van der Waals surface area contributed by atoms with E-state index in [0.717, 1.165) is 11.3 Å². The summed E-state index contributed by atoms with van der Waals surface area (Å²) in [6, 6.07) is 0. The molecule has 0 saturated heterocycles. The van der Waals surface area contributed by atoms with Crippen molar-refractivity contribution in [2.24, 2.45) is 0 Å². The third kappa shape index (κ3) is 3.78. The highest BCUT2D eigenvalue weighted by Gasteiger charge is 2.06. The average molecular weight is 252 g/mol. The monoisotopic (exact) mass is 252 g/mol. The molecule has 17 heavy (non-hydrogen) atoms. The van der Waals surface area contributed by atoms with Crippen LogP contribution in [0.2, 0.25) is 0 Å². The smallest absolute Gasteiger partial charge is 0.276 e. The van der Waals surface area contributed by atoms with E-state index in [1.807, 2.05) is 26.2 Å². The quantitative estimate of drug-likeness (QED) is 0.457. The first-order valence-electron chi connectivity index (χ1n) is 5.04. The van der Waals surface area contributed by atoms with Gasteiger partial charge in [-0.2, -0.15) is 0 Å². The molecule has 0 aliphatic carbocycles. The fourth-order valence-corrected chi connectivity index (χ4v) is 1.39. The molecule has 1 heterocycles. The number of rotatable bonds is 5. The van der Waals surface area contributed by atoms with Crippen molar-refractivity contribution < 1.29 is 9.15 Å². The molecular weight excluding hydrogens is 236 g/mol. The predicted molar refractivity (Wildman–Crippen MR) is 69.6 cm³/mol. The van der Waals surface area contributed by atoms with E-state index in [2.05, 4.69) is 16.8 Å². The van der Waals surface area contributed by atoms with Crippen LogP contribution >= 0.6 is 11.8 Å². The second-order valence-electron chi connectivity index (χ2n) is 3.50. The maximum Gasteiger partial charge on any atom is 0.276 e. The van der Waals surface area contributed by atoms with Gasteiger partial charge in [0.05, 0.1) is 7.11 Å². The molecule has 0 bridgehead atoms. The number of ether oxygens (including phenoxy) is 1. The summed E-state index contributed by atoms with van der Waals surface area (Å²) in [4.78, 5) is 0. The van der Waals surface area contributed by atoms with Crippen LogP contribution in [0.25, 0.3) is 5.57 Å². The van der Waals surface area contributed by atoms with Crippen molar-refractivity contribution >= 4 is 17.3 Å². The molecule has 92 valence electrons. The lowest BCUT2D eigenvalue weighted by molar-refractivity contribution is 0.302. The maximum absolute atomic E-state index is 5.35. The standard InChI is InChI=1S/C12H16N2O2S/c1-8(2)10(15-4)7-6-9(3)11-13-14-12(16-11)17-5/h6-7H,3H2,1-2,4-5H3/b7-6-. The van der Waals surface area contributed by atoms with Gasteiger partial charge in [0.2, 0.25) is 5.89 Å². The van der Waals surface area contributed by atoms with E-state index in [1.165, 1.54) is 11.8 Å². The molecule has 0 radical (unpaired) electrons. The third-order valence-electron chi connectivity index (χ3n) is 2.00. The second kappa shape index (κ2) is 6.30. The summed E-state index contributed by atoms with van der Waals surface area (Å²) in [6.45, 7) is 7.82. The van der Waals surface area contributed by atoms with Crippen molar-refractivity contribution in [3.8, 4) is 0 Å². The molecular formula is C12H16N2O2S. The Morgan fingerprint density at radius 2 is 2.06 bits per heavy atom. The van der Waals surface area contributed by atoms with E-state index in [0.29, 0.717) is 16.7 Å². The van der Waals surface area contributed by atoms with Crippen LogP contribution in [-0.4, -0.2) is 23.6 Å². The van der Waals surface area contributed by atoms with Crippen molar-refractivity contribution in [3.63, 3.8) is 0 Å². The number of nitrogens with zero attached hydrogens (tertiary/aromatic N) is 2. The summed E-state index contributed by atoms with van der Waals surface area (Å²) in [6.07, 6.45) is 5.51. The fourth-order valence-electron chi connectivity index (χ4n) is 1.11. The first kappa shape index (κ1) is 13.6. The Hall–Kier alpha value is -1.49. The normalized spacial score (nSPS) is 10.6. The van der Waals surface area contributed by atoms with Crippen molar-refractivity contribution in [2.75, 3.05) is 13.4 Å². The molecule has 0 N–H and O–H groups in total. The van der Waals surface area contributed by atoms with Crippen LogP contribution in [0.3, 0.4) is 0 Å². The molecule has 4 nitrogen and oxygen atoms in total. The molecule has 0 saturated carbocycles. The molecule has 0 atom stereocenters. The van der Waals surface area contributed by atoms with E-state index in [9.17, 15) is 0 Å². The first-order valence-corrected chi connectivity index (χ1v) is 6.27. The Bertz CT molecular complexity index is 457. The number of aromatic nitrogens is 2. The second-order valence-corrected chi connectivity index (χ2v) is 4.26. The summed E-state index contributed by atoms with van der Waals surface area (Å²) >= 11 is 1.40. The van der Waals surface area contributed by atoms with Crippen LogP contribution in [0.4, 0.5) is 0 Å². The molecule has 0 unspecified atom stereocenters. The number of thioether (sulfide) groups is 1. The highest BCUT2D eigenvalue weighted by Crippen LogP contribution is 2.18. The molecule has 0 aliphatic heterocycles. The van der Waals surface area contributed by atoms with Gasteiger partial charge in [-0.3, -0.25) is 0 Å². The Labute approximate surface area is 105 Å². The Morgan fingerprint density at radius 3 is 2.53 bits per heavy atom. The lowest BCUT2D eigenvalue weighted by Crippen LogP contribution is -1.86. The van der Waals surface area contributed by atoms with Gasteiger partial charge in [0.25, 0.3) is 5.22 Å². The zero-order chi connectivity index (χ0) is 12.8. The third-order valence-corrected chi connectivity index (χ3v) is 2.52. The van der Waals surface area contributed by atoms with Crippen LogP contribution in [0.15, 0.2) is 39.7 Å². The highest BCUT2D eigenvalue weighted by molar-refractivity contribution is 7.98. The fraction of sp³-hybridized carbons (Fsp3) is 0.333. The van der Waals surface area contributed by atoms with Crippen molar-refractivity contribution in [1.29, 1.82) is 0 Å². The van der Waals surface area contributed by atoms with Crippen LogP contribution in [0.1, 0.15) is 19.7 Å². The topological polar surface area (TPSA) is 48.2 Å². The summed E-state index contributed by atoms with van der Waals surface area (Å²) in [5.74, 6) is 1.23. The van der Waals surface area contributed by atoms with Crippen LogP contribution in [0, 0.1) is 0 Å². The van der Waals surface area contributed by atoms with Crippen molar-refractivity contribution in [2.45, 2.75) is 19.1 Å². The lowest BCUT2D eigenvalue weighted by atomic mass is 10.2. The number of allylic oxidation sites excluding steroid dienone is 4. The van der Waals surface area contributed by atoms with Crippen LogP contribution < -0.4 is 0 Å². The van der Waals surface area contributed by atoms with Gasteiger partial charge in [0.1, 0.15) is 5.76 Å². The SMILES string of the molecule is C=C(/C=C\C(OC)=C(C)C)c1nnc(SC)o1. The summed E-state index contributed by atoms with van der Waals surface area (Å²) in [5, 5.41) is 8.27. The van der Waals surface area contributed by atoms with E-state index in [-0.39, 0.29) is 0 Å². The van der Waals surface area contributed by atoms with Gasteiger partial charge in [0, 0.05) is 5.57 Å². The van der Waals surface area contributed by atoms with E-state index < -0.39 is 0 Å². The van der Waals surface area contributed by atoms with Gasteiger partial charge in [-0.15, -0.1) is 10.2 Å². The largest absolute Gasteiger partial charge is 0.497 e. The van der Waals surface area contributed by atoms with Gasteiger partial charge < -0.3 is 9.15 Å². The average Bonchev–Trinajstić information content (AvgIpc) is 2.77. The Morgan fingerprint density at radius 1 is 1.35 bits per heavy atom. The van der Waals surface area contributed by atoms with Gasteiger partial charge in [-0.25, -0.2) is 0 Å². The van der Waals surface area contributed by atoms with Crippen LogP contribution in [0.5, 0.6) is 0 Å². The molecule has 0 aromatic carbocycles. The summed E-state index contributed by atoms with van der Waals surface area (Å²) in [7, 11) is 1.63. The van der Waals surface area contributed by atoms with Gasteiger partial charge >= 0.3 is 0 Å². The van der Waals surface area contributed by atoms with E-state index in [1.54, 1.807) is 13.2 Å². The summed E-state index contributed by atoms with van der Waals surface area (Å²) in [5.41, 5.74) is 1.75. The van der Waals surface area contributed by atoms with Gasteiger partial charge in [-0.05, 0) is 37.8 Å². The van der Waals surface area contributed by atoms with Crippen molar-refractivity contribution in [3.05, 3.63) is 36.0 Å².